The van der Waals surface area contributed by atoms with E-state index >= 15 is 0 Å². The average molecular weight is 303 g/mol. The van der Waals surface area contributed by atoms with Crippen molar-refractivity contribution in [2.75, 3.05) is 25.0 Å². The van der Waals surface area contributed by atoms with Crippen molar-refractivity contribution >= 4 is 11.6 Å². The maximum atomic E-state index is 12.5. The summed E-state index contributed by atoms with van der Waals surface area (Å²) < 4.78 is 0. The number of benzene rings is 1. The van der Waals surface area contributed by atoms with E-state index in [1.165, 1.54) is 22.4 Å². The van der Waals surface area contributed by atoms with E-state index in [1.54, 1.807) is 0 Å². The van der Waals surface area contributed by atoms with Crippen LogP contribution in [0.1, 0.15) is 45.2 Å². The Morgan fingerprint density at radius 2 is 1.68 bits per heavy atom. The average Bonchev–Trinajstić information content (AvgIpc) is 2.46. The number of aryl methyl sites for hydroxylation is 2. The Hall–Kier alpha value is -1.35. The summed E-state index contributed by atoms with van der Waals surface area (Å²) in [5, 5.41) is 3.20. The highest BCUT2D eigenvalue weighted by Gasteiger charge is 2.26. The standard InChI is InChI=1S/C19H30N2O/c1-5-16-8-7-9-17(6-2)19(16)20-18(22)13-21-11-14(3)10-15(4)12-21/h7-9,14-15H,5-6,10-13H2,1-4H3,(H,20,22)/p+1/t14-,15-/m0/s1. The molecule has 1 aliphatic rings. The molecule has 3 heteroatoms. The van der Waals surface area contributed by atoms with Crippen LogP contribution in [0.4, 0.5) is 5.69 Å². The van der Waals surface area contributed by atoms with Crippen LogP contribution in [-0.2, 0) is 17.6 Å². The van der Waals surface area contributed by atoms with Crippen LogP contribution in [0, 0.1) is 11.8 Å². The molecule has 0 aromatic heterocycles. The molecule has 0 unspecified atom stereocenters. The van der Waals surface area contributed by atoms with Gasteiger partial charge >= 0.3 is 0 Å². The number of likely N-dealkylation sites (tertiary alicyclic amines) is 1. The molecule has 1 saturated heterocycles. The van der Waals surface area contributed by atoms with Crippen molar-refractivity contribution in [3.05, 3.63) is 29.3 Å². The first-order chi connectivity index (χ1) is 10.5. The number of amides is 1. The number of rotatable bonds is 5. The lowest BCUT2D eigenvalue weighted by Gasteiger charge is -2.31. The maximum Gasteiger partial charge on any atom is 0.279 e. The fraction of sp³-hybridized carbons (Fsp3) is 0.632. The normalized spacial score (nSPS) is 25.0. The number of carbonyl (C=O) groups excluding carboxylic acids is 1. The number of carbonyl (C=O) groups is 1. The SMILES string of the molecule is CCc1cccc(CC)c1NC(=O)C[NH+]1C[C@@H](C)C[C@H](C)C1. The van der Waals surface area contributed by atoms with E-state index in [9.17, 15) is 4.79 Å². The van der Waals surface area contributed by atoms with Gasteiger partial charge in [-0.15, -0.1) is 0 Å². The van der Waals surface area contributed by atoms with Gasteiger partial charge in [0.15, 0.2) is 6.54 Å². The molecule has 3 nitrogen and oxygen atoms in total. The van der Waals surface area contributed by atoms with Crippen molar-refractivity contribution in [2.24, 2.45) is 11.8 Å². The second-order valence-electron chi connectivity index (χ2n) is 6.99. The summed E-state index contributed by atoms with van der Waals surface area (Å²) in [4.78, 5) is 13.9. The monoisotopic (exact) mass is 303 g/mol. The van der Waals surface area contributed by atoms with Crippen molar-refractivity contribution in [2.45, 2.75) is 47.0 Å². The Morgan fingerprint density at radius 1 is 1.14 bits per heavy atom. The third kappa shape index (κ3) is 4.33. The van der Waals surface area contributed by atoms with Gasteiger partial charge in [-0.2, -0.15) is 0 Å². The third-order valence-corrected chi connectivity index (χ3v) is 4.75. The topological polar surface area (TPSA) is 33.5 Å². The van der Waals surface area contributed by atoms with Crippen molar-refractivity contribution in [3.63, 3.8) is 0 Å². The minimum absolute atomic E-state index is 0.159. The number of piperidine rings is 1. The summed E-state index contributed by atoms with van der Waals surface area (Å²) >= 11 is 0. The lowest BCUT2D eigenvalue weighted by Crippen LogP contribution is -3.15. The van der Waals surface area contributed by atoms with Crippen LogP contribution in [0.3, 0.4) is 0 Å². The van der Waals surface area contributed by atoms with E-state index in [0.717, 1.165) is 43.5 Å². The largest absolute Gasteiger partial charge is 0.327 e. The summed E-state index contributed by atoms with van der Waals surface area (Å²) in [6.07, 6.45) is 3.20. The lowest BCUT2D eigenvalue weighted by atomic mass is 9.92. The number of nitrogens with one attached hydrogen (secondary N) is 2. The maximum absolute atomic E-state index is 12.5. The molecule has 22 heavy (non-hydrogen) atoms. The minimum atomic E-state index is 0.159. The highest BCUT2D eigenvalue weighted by atomic mass is 16.2. The van der Waals surface area contributed by atoms with Gasteiger partial charge < -0.3 is 10.2 Å². The second kappa shape index (κ2) is 7.77. The predicted molar refractivity (Wildman–Crippen MR) is 92.3 cm³/mol. The van der Waals surface area contributed by atoms with Gasteiger partial charge in [-0.05, 0) is 30.4 Å². The van der Waals surface area contributed by atoms with E-state index in [1.807, 2.05) is 0 Å². The summed E-state index contributed by atoms with van der Waals surface area (Å²) in [5.41, 5.74) is 3.53. The number of anilines is 1. The molecular weight excluding hydrogens is 272 g/mol. The number of para-hydroxylation sites is 1. The fourth-order valence-corrected chi connectivity index (χ4v) is 3.88. The molecule has 2 rings (SSSR count). The van der Waals surface area contributed by atoms with E-state index in [0.29, 0.717) is 6.54 Å². The van der Waals surface area contributed by atoms with E-state index in [4.69, 9.17) is 0 Å². The molecule has 0 spiro atoms. The van der Waals surface area contributed by atoms with Crippen LogP contribution in [0.2, 0.25) is 0 Å². The Labute approximate surface area is 135 Å². The zero-order chi connectivity index (χ0) is 16.1. The summed E-state index contributed by atoms with van der Waals surface area (Å²) in [6.45, 7) is 11.7. The van der Waals surface area contributed by atoms with E-state index < -0.39 is 0 Å². The van der Waals surface area contributed by atoms with Gasteiger partial charge in [0.25, 0.3) is 5.91 Å². The molecule has 2 N–H and O–H groups in total. The van der Waals surface area contributed by atoms with Crippen LogP contribution in [0.5, 0.6) is 0 Å². The molecule has 0 bridgehead atoms. The van der Waals surface area contributed by atoms with Crippen LogP contribution in [-0.4, -0.2) is 25.5 Å². The smallest absolute Gasteiger partial charge is 0.279 e. The Balaban J connectivity index is 2.03. The van der Waals surface area contributed by atoms with Crippen molar-refractivity contribution in [1.82, 2.24) is 0 Å². The van der Waals surface area contributed by atoms with Crippen molar-refractivity contribution in [3.8, 4) is 0 Å². The molecule has 1 aromatic carbocycles. The van der Waals surface area contributed by atoms with Gasteiger partial charge in [0.2, 0.25) is 0 Å². The first kappa shape index (κ1) is 17.0. The first-order valence-electron chi connectivity index (χ1n) is 8.77. The molecule has 2 atom stereocenters. The molecule has 1 amide bonds. The van der Waals surface area contributed by atoms with Crippen LogP contribution in [0.15, 0.2) is 18.2 Å². The Kier molecular flexibility index (Phi) is 6.01. The third-order valence-electron chi connectivity index (χ3n) is 4.75. The Bertz CT molecular complexity index is 480. The Morgan fingerprint density at radius 3 is 2.18 bits per heavy atom. The summed E-state index contributed by atoms with van der Waals surface area (Å²) in [5.74, 6) is 1.60. The van der Waals surface area contributed by atoms with Gasteiger partial charge in [-0.3, -0.25) is 4.79 Å². The molecule has 1 heterocycles. The van der Waals surface area contributed by atoms with Crippen LogP contribution >= 0.6 is 0 Å². The van der Waals surface area contributed by atoms with Gasteiger partial charge in [0.05, 0.1) is 13.1 Å². The van der Waals surface area contributed by atoms with Crippen molar-refractivity contribution < 1.29 is 9.69 Å². The highest BCUT2D eigenvalue weighted by molar-refractivity contribution is 5.93. The van der Waals surface area contributed by atoms with Crippen LogP contribution < -0.4 is 10.2 Å². The summed E-state index contributed by atoms with van der Waals surface area (Å²) in [6, 6.07) is 6.33. The molecule has 1 aliphatic heterocycles. The zero-order valence-corrected chi connectivity index (χ0v) is 14.5. The van der Waals surface area contributed by atoms with Gasteiger partial charge in [0, 0.05) is 17.5 Å². The second-order valence-corrected chi connectivity index (χ2v) is 6.99. The zero-order valence-electron chi connectivity index (χ0n) is 14.5. The first-order valence-corrected chi connectivity index (χ1v) is 8.77. The number of hydrogen-bond donors (Lipinski definition) is 2. The van der Waals surface area contributed by atoms with Gasteiger partial charge in [-0.25, -0.2) is 0 Å². The van der Waals surface area contributed by atoms with E-state index in [2.05, 4.69) is 51.2 Å². The lowest BCUT2D eigenvalue weighted by molar-refractivity contribution is -0.904. The molecule has 1 fully saturated rings. The number of hydrogen-bond acceptors (Lipinski definition) is 1. The predicted octanol–water partition coefficient (Wildman–Crippen LogP) is 2.31. The van der Waals surface area contributed by atoms with Gasteiger partial charge in [-0.1, -0.05) is 45.9 Å². The molecule has 0 aliphatic carbocycles. The highest BCUT2D eigenvalue weighted by Crippen LogP contribution is 2.22. The van der Waals surface area contributed by atoms with Gasteiger partial charge in [0.1, 0.15) is 0 Å². The van der Waals surface area contributed by atoms with Crippen LogP contribution in [0.25, 0.3) is 0 Å². The number of quaternary nitrogens is 1. The molecular formula is C19H31N2O+. The van der Waals surface area contributed by atoms with E-state index in [-0.39, 0.29) is 5.91 Å². The quantitative estimate of drug-likeness (QED) is 0.860. The molecule has 0 radical (unpaired) electrons. The minimum Gasteiger partial charge on any atom is -0.327 e. The molecule has 122 valence electrons. The molecule has 0 saturated carbocycles. The van der Waals surface area contributed by atoms with Crippen molar-refractivity contribution in [1.29, 1.82) is 0 Å². The fourth-order valence-electron chi connectivity index (χ4n) is 3.88. The molecule has 1 aromatic rings. The summed E-state index contributed by atoms with van der Waals surface area (Å²) in [7, 11) is 0.